The highest BCUT2D eigenvalue weighted by atomic mass is 16.5. The molecule has 2 aromatic rings. The Balaban J connectivity index is 1.41. The van der Waals surface area contributed by atoms with E-state index in [1.807, 2.05) is 6.20 Å². The predicted molar refractivity (Wildman–Crippen MR) is 106 cm³/mol. The van der Waals surface area contributed by atoms with E-state index in [0.717, 1.165) is 18.7 Å². The number of aromatic nitrogens is 3. The Hall–Kier alpha value is -3.30. The molecule has 4 rings (SSSR count). The summed E-state index contributed by atoms with van der Waals surface area (Å²) >= 11 is 0. The molecule has 0 unspecified atom stereocenters. The zero-order valence-corrected chi connectivity index (χ0v) is 17.3. The number of nitrogens with zero attached hydrogens (tertiary/aromatic N) is 5. The van der Waals surface area contributed by atoms with Crippen LogP contribution in [0.15, 0.2) is 18.3 Å². The van der Waals surface area contributed by atoms with Crippen LogP contribution in [0.4, 0.5) is 0 Å². The van der Waals surface area contributed by atoms with Gasteiger partial charge in [0.05, 0.1) is 45.7 Å². The first-order chi connectivity index (χ1) is 14.5. The summed E-state index contributed by atoms with van der Waals surface area (Å²) in [5.74, 6) is 1.25. The van der Waals surface area contributed by atoms with Gasteiger partial charge in [0.15, 0.2) is 11.5 Å². The third-order valence-corrected chi connectivity index (χ3v) is 5.54. The molecule has 2 aliphatic heterocycles. The normalized spacial score (nSPS) is 16.6. The van der Waals surface area contributed by atoms with Gasteiger partial charge >= 0.3 is 0 Å². The molecule has 0 N–H and O–H groups in total. The van der Waals surface area contributed by atoms with E-state index in [1.54, 1.807) is 26.6 Å². The molecule has 0 saturated carbocycles. The van der Waals surface area contributed by atoms with Crippen LogP contribution in [0.3, 0.4) is 0 Å². The van der Waals surface area contributed by atoms with Gasteiger partial charge in [-0.3, -0.25) is 9.59 Å². The summed E-state index contributed by atoms with van der Waals surface area (Å²) < 4.78 is 17.8. The number of likely N-dealkylation sites (tertiary alicyclic amines) is 2. The lowest BCUT2D eigenvalue weighted by Gasteiger charge is -2.39. The van der Waals surface area contributed by atoms with Crippen molar-refractivity contribution >= 4 is 11.8 Å². The van der Waals surface area contributed by atoms with Gasteiger partial charge < -0.3 is 24.0 Å². The highest BCUT2D eigenvalue weighted by molar-refractivity contribution is 5.98. The summed E-state index contributed by atoms with van der Waals surface area (Å²) in [5.41, 5.74) is 1.18. The topological polar surface area (TPSA) is 99.0 Å². The van der Waals surface area contributed by atoms with Gasteiger partial charge in [0, 0.05) is 26.1 Å². The number of carbonyl (C=O) groups excluding carboxylic acids is 2. The molecule has 0 radical (unpaired) electrons. The standard InChI is InChI=1S/C20H25N5O5/c1-28-16-7-6-15(18(29-2)19(16)30-3)20(27)24-11-14(12-24)25-10-13(21-22-25)9-23-8-4-5-17(23)26/h6-7,10,14H,4-5,8-9,11-12H2,1-3H3. The fourth-order valence-electron chi connectivity index (χ4n) is 3.86. The largest absolute Gasteiger partial charge is 0.493 e. The van der Waals surface area contributed by atoms with E-state index in [4.69, 9.17) is 14.2 Å². The quantitative estimate of drug-likeness (QED) is 0.668. The number of amides is 2. The maximum atomic E-state index is 13.0. The Labute approximate surface area is 174 Å². The Morgan fingerprint density at radius 1 is 1.13 bits per heavy atom. The minimum atomic E-state index is -0.146. The molecule has 0 bridgehead atoms. The molecule has 0 atom stereocenters. The smallest absolute Gasteiger partial charge is 0.257 e. The van der Waals surface area contributed by atoms with Gasteiger partial charge in [-0.15, -0.1) is 5.10 Å². The van der Waals surface area contributed by atoms with E-state index in [2.05, 4.69) is 10.3 Å². The molecule has 2 fully saturated rings. The number of methoxy groups -OCH3 is 3. The summed E-state index contributed by atoms with van der Waals surface area (Å²) in [4.78, 5) is 28.3. The molecule has 1 aromatic carbocycles. The zero-order chi connectivity index (χ0) is 21.3. The fraction of sp³-hybridized carbons (Fsp3) is 0.500. The van der Waals surface area contributed by atoms with E-state index in [1.165, 1.54) is 21.3 Å². The minimum absolute atomic E-state index is 0.0515. The number of hydrogen-bond acceptors (Lipinski definition) is 7. The van der Waals surface area contributed by atoms with Gasteiger partial charge in [0.1, 0.15) is 5.69 Å². The summed E-state index contributed by atoms with van der Waals surface area (Å²) in [5, 5.41) is 8.36. The summed E-state index contributed by atoms with van der Waals surface area (Å²) in [6.45, 7) is 2.28. The lowest BCUT2D eigenvalue weighted by Crippen LogP contribution is -2.51. The van der Waals surface area contributed by atoms with Crippen molar-refractivity contribution in [2.75, 3.05) is 41.0 Å². The van der Waals surface area contributed by atoms with Crippen LogP contribution in [0.5, 0.6) is 17.2 Å². The first-order valence-corrected chi connectivity index (χ1v) is 9.82. The van der Waals surface area contributed by atoms with Crippen molar-refractivity contribution in [3.8, 4) is 17.2 Å². The highest BCUT2D eigenvalue weighted by Crippen LogP contribution is 2.40. The number of ether oxygens (including phenoxy) is 3. The molecule has 2 saturated heterocycles. The van der Waals surface area contributed by atoms with Gasteiger partial charge in [-0.2, -0.15) is 0 Å². The van der Waals surface area contributed by atoms with E-state index >= 15 is 0 Å². The van der Waals surface area contributed by atoms with Crippen molar-refractivity contribution in [2.24, 2.45) is 0 Å². The van der Waals surface area contributed by atoms with Crippen LogP contribution in [0.1, 0.15) is 34.9 Å². The summed E-state index contributed by atoms with van der Waals surface area (Å²) in [6.07, 6.45) is 3.36. The van der Waals surface area contributed by atoms with E-state index < -0.39 is 0 Å². The Morgan fingerprint density at radius 2 is 1.90 bits per heavy atom. The summed E-state index contributed by atoms with van der Waals surface area (Å²) in [6, 6.07) is 3.42. The molecule has 1 aromatic heterocycles. The van der Waals surface area contributed by atoms with Gasteiger partial charge in [-0.25, -0.2) is 4.68 Å². The monoisotopic (exact) mass is 415 g/mol. The van der Waals surface area contributed by atoms with Crippen molar-refractivity contribution in [3.63, 3.8) is 0 Å². The van der Waals surface area contributed by atoms with Crippen molar-refractivity contribution in [1.29, 1.82) is 0 Å². The molecule has 160 valence electrons. The molecule has 2 amide bonds. The maximum Gasteiger partial charge on any atom is 0.257 e. The number of hydrogen-bond donors (Lipinski definition) is 0. The van der Waals surface area contributed by atoms with Crippen LogP contribution in [0.2, 0.25) is 0 Å². The van der Waals surface area contributed by atoms with Gasteiger partial charge in [0.2, 0.25) is 11.7 Å². The minimum Gasteiger partial charge on any atom is -0.493 e. The van der Waals surface area contributed by atoms with E-state index in [-0.39, 0.29) is 17.9 Å². The third-order valence-electron chi connectivity index (χ3n) is 5.54. The lowest BCUT2D eigenvalue weighted by atomic mass is 10.1. The highest BCUT2D eigenvalue weighted by Gasteiger charge is 2.35. The molecule has 10 heteroatoms. The molecule has 2 aliphatic rings. The van der Waals surface area contributed by atoms with Crippen LogP contribution in [-0.2, 0) is 11.3 Å². The van der Waals surface area contributed by atoms with Crippen LogP contribution in [0.25, 0.3) is 0 Å². The molecule has 30 heavy (non-hydrogen) atoms. The Bertz CT molecular complexity index is 953. The average Bonchev–Trinajstić information content (AvgIpc) is 3.34. The van der Waals surface area contributed by atoms with Crippen molar-refractivity contribution in [3.05, 3.63) is 29.6 Å². The predicted octanol–water partition coefficient (Wildman–Crippen LogP) is 1.12. The van der Waals surface area contributed by atoms with Crippen LogP contribution in [-0.4, -0.2) is 77.6 Å². The van der Waals surface area contributed by atoms with E-state index in [9.17, 15) is 9.59 Å². The second-order valence-corrected chi connectivity index (χ2v) is 7.35. The van der Waals surface area contributed by atoms with Gasteiger partial charge in [0.25, 0.3) is 5.91 Å². The fourth-order valence-corrected chi connectivity index (χ4v) is 3.86. The van der Waals surface area contributed by atoms with Crippen LogP contribution in [0, 0.1) is 0 Å². The van der Waals surface area contributed by atoms with Crippen LogP contribution >= 0.6 is 0 Å². The SMILES string of the molecule is COc1ccc(C(=O)N2CC(n3cc(CN4CCCC4=O)nn3)C2)c(OC)c1OC. The maximum absolute atomic E-state index is 13.0. The molecule has 10 nitrogen and oxygen atoms in total. The second-order valence-electron chi connectivity index (χ2n) is 7.35. The zero-order valence-electron chi connectivity index (χ0n) is 17.3. The average molecular weight is 415 g/mol. The second kappa shape index (κ2) is 8.21. The van der Waals surface area contributed by atoms with E-state index in [0.29, 0.717) is 48.9 Å². The number of rotatable bonds is 7. The molecule has 3 heterocycles. The summed E-state index contributed by atoms with van der Waals surface area (Å²) in [7, 11) is 4.53. The molecular weight excluding hydrogens is 390 g/mol. The first kappa shape index (κ1) is 20.0. The molecular formula is C20H25N5O5. The van der Waals surface area contributed by atoms with Gasteiger partial charge in [-0.05, 0) is 18.6 Å². The van der Waals surface area contributed by atoms with Gasteiger partial charge in [-0.1, -0.05) is 5.21 Å². The number of benzene rings is 1. The lowest BCUT2D eigenvalue weighted by molar-refractivity contribution is -0.128. The molecule has 0 aliphatic carbocycles. The van der Waals surface area contributed by atoms with Crippen LogP contribution < -0.4 is 14.2 Å². The molecule has 0 spiro atoms. The van der Waals surface area contributed by atoms with Crippen molar-refractivity contribution < 1.29 is 23.8 Å². The first-order valence-electron chi connectivity index (χ1n) is 9.82. The Morgan fingerprint density at radius 3 is 2.53 bits per heavy atom. The Kier molecular flexibility index (Phi) is 5.47. The number of carbonyl (C=O) groups is 2. The van der Waals surface area contributed by atoms with Crippen molar-refractivity contribution in [2.45, 2.75) is 25.4 Å². The van der Waals surface area contributed by atoms with Crippen molar-refractivity contribution in [1.82, 2.24) is 24.8 Å². The third kappa shape index (κ3) is 3.53.